The van der Waals surface area contributed by atoms with E-state index in [1.807, 2.05) is 36.4 Å². The Balaban J connectivity index is 2.23. The Morgan fingerprint density at radius 2 is 1.78 bits per heavy atom. The molecule has 23 heavy (non-hydrogen) atoms. The summed E-state index contributed by atoms with van der Waals surface area (Å²) in [6.07, 6.45) is 0. The molecule has 0 spiro atoms. The number of aromatic nitrogens is 2. The number of hydrogen-bond acceptors (Lipinski definition) is 5. The van der Waals surface area contributed by atoms with E-state index >= 15 is 0 Å². The summed E-state index contributed by atoms with van der Waals surface area (Å²) in [5.41, 5.74) is 7.22. The highest BCUT2D eigenvalue weighted by Crippen LogP contribution is 2.31. The number of hydrogen-bond donors (Lipinski definition) is 2. The fraction of sp³-hybridized carbons (Fsp3) is 0.222. The Labute approximate surface area is 135 Å². The molecular formula is C18H20N4O. The van der Waals surface area contributed by atoms with Crippen molar-refractivity contribution >= 4 is 16.7 Å². The first-order valence-electron chi connectivity index (χ1n) is 7.74. The Bertz CT molecular complexity index is 819. The van der Waals surface area contributed by atoms with Crippen LogP contribution >= 0.6 is 0 Å². The van der Waals surface area contributed by atoms with E-state index in [2.05, 4.69) is 16.8 Å². The SMILES string of the molecule is CCN(CCN)c1nc(-c2ccccc2O)nc2ccccc12. The highest BCUT2D eigenvalue weighted by molar-refractivity contribution is 5.91. The van der Waals surface area contributed by atoms with Gasteiger partial charge in [-0.2, -0.15) is 0 Å². The zero-order valence-electron chi connectivity index (χ0n) is 13.1. The van der Waals surface area contributed by atoms with Crippen LogP contribution in [0, 0.1) is 0 Å². The number of benzene rings is 2. The summed E-state index contributed by atoms with van der Waals surface area (Å²) in [4.78, 5) is 11.5. The maximum Gasteiger partial charge on any atom is 0.165 e. The number of phenolic OH excluding ortho intramolecular Hbond substituents is 1. The van der Waals surface area contributed by atoms with Crippen LogP contribution in [0.1, 0.15) is 6.92 Å². The maximum absolute atomic E-state index is 10.1. The van der Waals surface area contributed by atoms with Crippen molar-refractivity contribution in [1.29, 1.82) is 0 Å². The van der Waals surface area contributed by atoms with Crippen molar-refractivity contribution in [2.45, 2.75) is 6.92 Å². The summed E-state index contributed by atoms with van der Waals surface area (Å²) < 4.78 is 0. The van der Waals surface area contributed by atoms with E-state index in [0.717, 1.165) is 29.8 Å². The Morgan fingerprint density at radius 3 is 2.52 bits per heavy atom. The zero-order chi connectivity index (χ0) is 16.2. The smallest absolute Gasteiger partial charge is 0.165 e. The number of anilines is 1. The lowest BCUT2D eigenvalue weighted by atomic mass is 10.1. The molecule has 0 aliphatic heterocycles. The van der Waals surface area contributed by atoms with Crippen LogP contribution in [0.3, 0.4) is 0 Å². The molecule has 1 aromatic heterocycles. The Hall–Kier alpha value is -2.66. The largest absolute Gasteiger partial charge is 0.507 e. The molecule has 0 bridgehead atoms. The van der Waals surface area contributed by atoms with Crippen molar-refractivity contribution < 1.29 is 5.11 Å². The molecule has 0 amide bonds. The fourth-order valence-corrected chi connectivity index (χ4v) is 2.65. The number of nitrogens with zero attached hydrogens (tertiary/aromatic N) is 3. The molecule has 3 aromatic rings. The van der Waals surface area contributed by atoms with Crippen LogP contribution in [0.15, 0.2) is 48.5 Å². The molecule has 0 fully saturated rings. The first-order chi connectivity index (χ1) is 11.2. The van der Waals surface area contributed by atoms with Crippen LogP contribution < -0.4 is 10.6 Å². The molecule has 0 atom stereocenters. The van der Waals surface area contributed by atoms with E-state index in [4.69, 9.17) is 10.7 Å². The predicted molar refractivity (Wildman–Crippen MR) is 93.6 cm³/mol. The zero-order valence-corrected chi connectivity index (χ0v) is 13.1. The number of aromatic hydroxyl groups is 1. The van der Waals surface area contributed by atoms with Gasteiger partial charge in [-0.05, 0) is 31.2 Å². The molecule has 0 radical (unpaired) electrons. The van der Waals surface area contributed by atoms with Crippen molar-refractivity contribution in [3.05, 3.63) is 48.5 Å². The van der Waals surface area contributed by atoms with Crippen LogP contribution in [0.25, 0.3) is 22.3 Å². The van der Waals surface area contributed by atoms with E-state index in [1.165, 1.54) is 0 Å². The van der Waals surface area contributed by atoms with Gasteiger partial charge in [-0.3, -0.25) is 0 Å². The number of nitrogens with two attached hydrogens (primary N) is 1. The van der Waals surface area contributed by atoms with Crippen LogP contribution in [0.5, 0.6) is 5.75 Å². The highest BCUT2D eigenvalue weighted by Gasteiger charge is 2.15. The van der Waals surface area contributed by atoms with Gasteiger partial charge < -0.3 is 15.7 Å². The van der Waals surface area contributed by atoms with Gasteiger partial charge in [0.1, 0.15) is 11.6 Å². The molecule has 0 saturated heterocycles. The van der Waals surface area contributed by atoms with Crippen LogP contribution in [0.4, 0.5) is 5.82 Å². The van der Waals surface area contributed by atoms with E-state index in [1.54, 1.807) is 12.1 Å². The summed E-state index contributed by atoms with van der Waals surface area (Å²) >= 11 is 0. The van der Waals surface area contributed by atoms with Crippen molar-refractivity contribution in [3.63, 3.8) is 0 Å². The molecule has 2 aromatic carbocycles. The topological polar surface area (TPSA) is 75.3 Å². The average molecular weight is 308 g/mol. The second kappa shape index (κ2) is 6.62. The predicted octanol–water partition coefficient (Wildman–Crippen LogP) is 2.79. The van der Waals surface area contributed by atoms with Crippen LogP contribution in [-0.2, 0) is 0 Å². The number of fused-ring (bicyclic) bond motifs is 1. The Kier molecular flexibility index (Phi) is 4.39. The van der Waals surface area contributed by atoms with Gasteiger partial charge in [0.2, 0.25) is 0 Å². The average Bonchev–Trinajstić information content (AvgIpc) is 2.59. The van der Waals surface area contributed by atoms with Gasteiger partial charge in [0.05, 0.1) is 11.1 Å². The molecular weight excluding hydrogens is 288 g/mol. The third kappa shape index (κ3) is 2.96. The minimum Gasteiger partial charge on any atom is -0.507 e. The molecule has 3 N–H and O–H groups in total. The minimum atomic E-state index is 0.176. The molecule has 0 aliphatic carbocycles. The van der Waals surface area contributed by atoms with Gasteiger partial charge in [0.15, 0.2) is 5.82 Å². The van der Waals surface area contributed by atoms with E-state index < -0.39 is 0 Å². The first kappa shape index (κ1) is 15.2. The third-order valence-electron chi connectivity index (χ3n) is 3.81. The number of phenols is 1. The summed E-state index contributed by atoms with van der Waals surface area (Å²) in [5.74, 6) is 1.55. The van der Waals surface area contributed by atoms with Crippen molar-refractivity contribution in [1.82, 2.24) is 9.97 Å². The summed E-state index contributed by atoms with van der Waals surface area (Å²) in [5, 5.41) is 11.1. The van der Waals surface area contributed by atoms with Gasteiger partial charge >= 0.3 is 0 Å². The first-order valence-corrected chi connectivity index (χ1v) is 7.74. The van der Waals surface area contributed by atoms with Crippen molar-refractivity contribution in [3.8, 4) is 17.1 Å². The lowest BCUT2D eigenvalue weighted by Gasteiger charge is -2.23. The van der Waals surface area contributed by atoms with E-state index in [0.29, 0.717) is 17.9 Å². The second-order valence-electron chi connectivity index (χ2n) is 5.27. The third-order valence-corrected chi connectivity index (χ3v) is 3.81. The van der Waals surface area contributed by atoms with Gasteiger partial charge in [0, 0.05) is 25.0 Å². The summed E-state index contributed by atoms with van der Waals surface area (Å²) in [7, 11) is 0. The second-order valence-corrected chi connectivity index (χ2v) is 5.27. The molecule has 1 heterocycles. The number of rotatable bonds is 5. The quantitative estimate of drug-likeness (QED) is 0.758. The maximum atomic E-state index is 10.1. The van der Waals surface area contributed by atoms with Gasteiger partial charge in [-0.1, -0.05) is 24.3 Å². The van der Waals surface area contributed by atoms with Crippen LogP contribution in [0.2, 0.25) is 0 Å². The summed E-state index contributed by atoms with van der Waals surface area (Å²) in [6.45, 7) is 4.15. The lowest BCUT2D eigenvalue weighted by molar-refractivity contribution is 0.477. The van der Waals surface area contributed by atoms with Gasteiger partial charge in [-0.15, -0.1) is 0 Å². The molecule has 118 valence electrons. The molecule has 0 aliphatic rings. The molecule has 0 saturated carbocycles. The van der Waals surface area contributed by atoms with Crippen molar-refractivity contribution in [2.24, 2.45) is 5.73 Å². The minimum absolute atomic E-state index is 0.176. The molecule has 5 heteroatoms. The number of likely N-dealkylation sites (N-methyl/N-ethyl adjacent to an activating group) is 1. The molecule has 5 nitrogen and oxygen atoms in total. The van der Waals surface area contributed by atoms with E-state index in [-0.39, 0.29) is 5.75 Å². The van der Waals surface area contributed by atoms with Gasteiger partial charge in [-0.25, -0.2) is 9.97 Å². The standard InChI is InChI=1S/C18H20N4O/c1-2-22(12-11-19)18-13-7-3-5-9-15(13)20-17(21-18)14-8-4-6-10-16(14)23/h3-10,23H,2,11-12,19H2,1H3. The number of para-hydroxylation sites is 2. The molecule has 0 unspecified atom stereocenters. The van der Waals surface area contributed by atoms with E-state index in [9.17, 15) is 5.11 Å². The van der Waals surface area contributed by atoms with Crippen molar-refractivity contribution in [2.75, 3.05) is 24.5 Å². The van der Waals surface area contributed by atoms with Gasteiger partial charge in [0.25, 0.3) is 0 Å². The molecule has 3 rings (SSSR count). The Morgan fingerprint density at radius 1 is 1.04 bits per heavy atom. The van der Waals surface area contributed by atoms with Crippen LogP contribution in [-0.4, -0.2) is 34.7 Å². The monoisotopic (exact) mass is 308 g/mol. The normalized spacial score (nSPS) is 10.9. The fourth-order valence-electron chi connectivity index (χ4n) is 2.65. The highest BCUT2D eigenvalue weighted by atomic mass is 16.3. The lowest BCUT2D eigenvalue weighted by Crippen LogP contribution is -2.30. The summed E-state index contributed by atoms with van der Waals surface area (Å²) in [6, 6.07) is 15.0.